The zero-order valence-corrected chi connectivity index (χ0v) is 10.4. The molecule has 2 N–H and O–H groups in total. The summed E-state index contributed by atoms with van der Waals surface area (Å²) in [6, 6.07) is 10.7. The maximum atomic E-state index is 10.7. The molecule has 1 aromatic carbocycles. The number of nitrogens with one attached hydrogen (secondary N) is 1. The van der Waals surface area contributed by atoms with Gasteiger partial charge < -0.3 is 10.4 Å². The van der Waals surface area contributed by atoms with Crippen molar-refractivity contribution >= 4 is 22.4 Å². The topological polar surface area (TPSA) is 62.2 Å². The number of rotatable bonds is 4. The van der Waals surface area contributed by atoms with Crippen molar-refractivity contribution in [2.24, 2.45) is 0 Å². The molecule has 0 amide bonds. The van der Waals surface area contributed by atoms with Crippen LogP contribution in [0.4, 0.5) is 5.13 Å². The van der Waals surface area contributed by atoms with Crippen LogP contribution in [0.25, 0.3) is 0 Å². The molecular weight excluding hydrogens is 248 g/mol. The van der Waals surface area contributed by atoms with E-state index in [0.717, 1.165) is 6.42 Å². The minimum absolute atomic E-state index is 0.111. The van der Waals surface area contributed by atoms with E-state index in [0.29, 0.717) is 17.1 Å². The number of nitrogens with zero attached hydrogens (tertiary/aromatic N) is 1. The van der Waals surface area contributed by atoms with Gasteiger partial charge in [-0.25, -0.2) is 9.78 Å². The van der Waals surface area contributed by atoms with E-state index >= 15 is 0 Å². The second-order valence-electron chi connectivity index (χ2n) is 4.35. The SMILES string of the molecule is O=C(O)c1csc(NC2CC2c2ccccc2)n1. The Labute approximate surface area is 108 Å². The van der Waals surface area contributed by atoms with Gasteiger partial charge >= 0.3 is 5.97 Å². The maximum Gasteiger partial charge on any atom is 0.355 e. The van der Waals surface area contributed by atoms with E-state index < -0.39 is 5.97 Å². The Kier molecular flexibility index (Phi) is 2.76. The van der Waals surface area contributed by atoms with Crippen molar-refractivity contribution in [3.63, 3.8) is 0 Å². The largest absolute Gasteiger partial charge is 0.476 e. The molecule has 0 spiro atoms. The molecule has 1 aliphatic rings. The summed E-state index contributed by atoms with van der Waals surface area (Å²) in [4.78, 5) is 14.7. The predicted molar refractivity (Wildman–Crippen MR) is 70.3 cm³/mol. The zero-order valence-electron chi connectivity index (χ0n) is 9.54. The van der Waals surface area contributed by atoms with Crippen molar-refractivity contribution in [1.82, 2.24) is 4.98 Å². The number of hydrogen-bond donors (Lipinski definition) is 2. The molecule has 0 radical (unpaired) electrons. The van der Waals surface area contributed by atoms with E-state index in [9.17, 15) is 4.79 Å². The molecule has 0 bridgehead atoms. The van der Waals surface area contributed by atoms with Crippen molar-refractivity contribution in [3.8, 4) is 0 Å². The predicted octanol–water partition coefficient (Wildman–Crippen LogP) is 2.81. The lowest BCUT2D eigenvalue weighted by molar-refractivity contribution is 0.0691. The third kappa shape index (κ3) is 2.22. The number of carbonyl (C=O) groups is 1. The molecule has 1 aromatic heterocycles. The molecule has 0 saturated heterocycles. The Bertz CT molecular complexity index is 567. The van der Waals surface area contributed by atoms with E-state index in [2.05, 4.69) is 22.4 Å². The number of carboxylic acids is 1. The molecular formula is C13H12N2O2S. The van der Waals surface area contributed by atoms with Gasteiger partial charge in [-0.2, -0.15) is 0 Å². The average Bonchev–Trinajstić information content (AvgIpc) is 2.97. The fourth-order valence-electron chi connectivity index (χ4n) is 2.02. The molecule has 1 aliphatic carbocycles. The van der Waals surface area contributed by atoms with Crippen LogP contribution in [0.2, 0.25) is 0 Å². The monoisotopic (exact) mass is 260 g/mol. The third-order valence-corrected chi connectivity index (χ3v) is 3.82. The number of aromatic nitrogens is 1. The first-order valence-electron chi connectivity index (χ1n) is 5.74. The lowest BCUT2D eigenvalue weighted by Crippen LogP contribution is -2.04. The molecule has 92 valence electrons. The van der Waals surface area contributed by atoms with Crippen LogP contribution in [-0.2, 0) is 0 Å². The number of carboxylic acid groups (broad SMARTS) is 1. The summed E-state index contributed by atoms with van der Waals surface area (Å²) in [6.07, 6.45) is 1.08. The Morgan fingerprint density at radius 3 is 2.83 bits per heavy atom. The first-order chi connectivity index (χ1) is 8.74. The van der Waals surface area contributed by atoms with Crippen molar-refractivity contribution in [3.05, 3.63) is 47.0 Å². The van der Waals surface area contributed by atoms with E-state index in [1.807, 2.05) is 18.2 Å². The van der Waals surface area contributed by atoms with Gasteiger partial charge in [-0.3, -0.25) is 0 Å². The van der Waals surface area contributed by atoms with E-state index in [4.69, 9.17) is 5.11 Å². The zero-order chi connectivity index (χ0) is 12.5. The highest BCUT2D eigenvalue weighted by molar-refractivity contribution is 7.13. The second-order valence-corrected chi connectivity index (χ2v) is 5.20. The van der Waals surface area contributed by atoms with Crippen LogP contribution in [-0.4, -0.2) is 22.1 Å². The van der Waals surface area contributed by atoms with Crippen LogP contribution < -0.4 is 5.32 Å². The molecule has 18 heavy (non-hydrogen) atoms. The van der Waals surface area contributed by atoms with Crippen molar-refractivity contribution in [2.45, 2.75) is 18.4 Å². The van der Waals surface area contributed by atoms with Gasteiger partial charge in [-0.05, 0) is 12.0 Å². The molecule has 2 unspecified atom stereocenters. The number of aromatic carboxylic acids is 1. The van der Waals surface area contributed by atoms with E-state index in [1.165, 1.54) is 16.9 Å². The summed E-state index contributed by atoms with van der Waals surface area (Å²) in [5, 5.41) is 14.3. The fraction of sp³-hybridized carbons (Fsp3) is 0.231. The summed E-state index contributed by atoms with van der Waals surface area (Å²) in [6.45, 7) is 0. The summed E-state index contributed by atoms with van der Waals surface area (Å²) < 4.78 is 0. The molecule has 2 atom stereocenters. The van der Waals surface area contributed by atoms with Gasteiger partial charge in [0.15, 0.2) is 10.8 Å². The standard InChI is InChI=1S/C13H12N2O2S/c16-12(17)11-7-18-13(15-11)14-10-6-9(10)8-4-2-1-3-5-8/h1-5,7,9-10H,6H2,(H,14,15)(H,16,17). The van der Waals surface area contributed by atoms with Crippen LogP contribution in [0.5, 0.6) is 0 Å². The summed E-state index contributed by atoms with van der Waals surface area (Å²) >= 11 is 1.34. The molecule has 0 aliphatic heterocycles. The summed E-state index contributed by atoms with van der Waals surface area (Å²) in [5.74, 6) is -0.460. The van der Waals surface area contributed by atoms with Gasteiger partial charge in [0.05, 0.1) is 0 Å². The van der Waals surface area contributed by atoms with Gasteiger partial charge in [-0.1, -0.05) is 30.3 Å². The highest BCUT2D eigenvalue weighted by atomic mass is 32.1. The lowest BCUT2D eigenvalue weighted by atomic mass is 10.1. The molecule has 1 saturated carbocycles. The van der Waals surface area contributed by atoms with Crippen molar-refractivity contribution in [2.75, 3.05) is 5.32 Å². The van der Waals surface area contributed by atoms with E-state index in [-0.39, 0.29) is 5.69 Å². The summed E-state index contributed by atoms with van der Waals surface area (Å²) in [7, 11) is 0. The quantitative estimate of drug-likeness (QED) is 0.887. The maximum absolute atomic E-state index is 10.7. The van der Waals surface area contributed by atoms with Gasteiger partial charge in [0.2, 0.25) is 0 Å². The van der Waals surface area contributed by atoms with Crippen LogP contribution >= 0.6 is 11.3 Å². The van der Waals surface area contributed by atoms with Crippen molar-refractivity contribution < 1.29 is 9.90 Å². The van der Waals surface area contributed by atoms with Crippen molar-refractivity contribution in [1.29, 1.82) is 0 Å². The first-order valence-corrected chi connectivity index (χ1v) is 6.62. The number of benzene rings is 1. The minimum Gasteiger partial charge on any atom is -0.476 e. The molecule has 4 nitrogen and oxygen atoms in total. The molecule has 2 aromatic rings. The molecule has 3 rings (SSSR count). The number of anilines is 1. The molecule has 1 heterocycles. The van der Waals surface area contributed by atoms with Gasteiger partial charge in [0, 0.05) is 17.3 Å². The van der Waals surface area contributed by atoms with Gasteiger partial charge in [0.25, 0.3) is 0 Å². The number of thiazole rings is 1. The highest BCUT2D eigenvalue weighted by Gasteiger charge is 2.38. The fourth-order valence-corrected chi connectivity index (χ4v) is 2.77. The van der Waals surface area contributed by atoms with Crippen LogP contribution in [0.1, 0.15) is 28.4 Å². The average molecular weight is 260 g/mol. The van der Waals surface area contributed by atoms with Crippen LogP contribution in [0, 0.1) is 0 Å². The first kappa shape index (κ1) is 11.2. The van der Waals surface area contributed by atoms with Gasteiger partial charge in [0.1, 0.15) is 0 Å². The third-order valence-electron chi connectivity index (χ3n) is 3.05. The molecule has 5 heteroatoms. The summed E-state index contributed by atoms with van der Waals surface area (Å²) in [5.41, 5.74) is 1.43. The Hall–Kier alpha value is -1.88. The Balaban J connectivity index is 1.64. The Morgan fingerprint density at radius 2 is 2.17 bits per heavy atom. The molecule has 1 fully saturated rings. The smallest absolute Gasteiger partial charge is 0.355 e. The van der Waals surface area contributed by atoms with Crippen LogP contribution in [0.15, 0.2) is 35.7 Å². The highest BCUT2D eigenvalue weighted by Crippen LogP contribution is 2.42. The minimum atomic E-state index is -0.977. The Morgan fingerprint density at radius 1 is 1.39 bits per heavy atom. The lowest BCUT2D eigenvalue weighted by Gasteiger charge is -2.01. The second kappa shape index (κ2) is 4.42. The van der Waals surface area contributed by atoms with E-state index in [1.54, 1.807) is 5.38 Å². The van der Waals surface area contributed by atoms with Gasteiger partial charge in [-0.15, -0.1) is 11.3 Å². The van der Waals surface area contributed by atoms with Crippen LogP contribution in [0.3, 0.4) is 0 Å². The number of hydrogen-bond acceptors (Lipinski definition) is 4. The normalized spacial score (nSPS) is 21.6.